The van der Waals surface area contributed by atoms with Gasteiger partial charge in [-0.2, -0.15) is 5.10 Å². The Kier molecular flexibility index (Phi) is 3.87. The second kappa shape index (κ2) is 5.19. The monoisotopic (exact) mass is 241 g/mol. The van der Waals surface area contributed by atoms with Crippen LogP contribution in [0.15, 0.2) is 6.07 Å². The van der Waals surface area contributed by atoms with Crippen LogP contribution in [0.4, 0.5) is 0 Å². The lowest BCUT2D eigenvalue weighted by molar-refractivity contribution is 0.309. The predicted octanol–water partition coefficient (Wildman–Crippen LogP) is 2.27. The third-order valence-corrected chi connectivity index (χ3v) is 3.70. The fourth-order valence-electron chi connectivity index (χ4n) is 2.41. The lowest BCUT2D eigenvalue weighted by Gasteiger charge is -2.15. The van der Waals surface area contributed by atoms with Gasteiger partial charge in [-0.25, -0.2) is 0 Å². The van der Waals surface area contributed by atoms with Gasteiger partial charge < -0.3 is 0 Å². The Morgan fingerprint density at radius 2 is 2.38 bits per heavy atom. The summed E-state index contributed by atoms with van der Waals surface area (Å²) in [6.45, 7) is 8.48. The van der Waals surface area contributed by atoms with E-state index in [2.05, 4.69) is 34.6 Å². The van der Waals surface area contributed by atoms with E-state index in [1.165, 1.54) is 18.7 Å². The predicted molar refractivity (Wildman–Crippen MR) is 66.7 cm³/mol. The van der Waals surface area contributed by atoms with Crippen molar-refractivity contribution >= 4 is 11.6 Å². The number of rotatable bonds is 4. The second-order valence-corrected chi connectivity index (χ2v) is 4.95. The van der Waals surface area contributed by atoms with Crippen LogP contribution in [0.25, 0.3) is 0 Å². The first-order chi connectivity index (χ1) is 7.72. The number of halogens is 1. The lowest BCUT2D eigenvalue weighted by atomic mass is 10.2. The number of nitrogens with zero attached hydrogens (tertiary/aromatic N) is 3. The van der Waals surface area contributed by atoms with Crippen molar-refractivity contribution in [1.29, 1.82) is 0 Å². The minimum Gasteiger partial charge on any atom is -0.297 e. The summed E-state index contributed by atoms with van der Waals surface area (Å²) in [6, 6.07) is 2.19. The number of aryl methyl sites for hydroxylation is 2. The van der Waals surface area contributed by atoms with Gasteiger partial charge in [-0.1, -0.05) is 0 Å². The first-order valence-electron chi connectivity index (χ1n) is 6.04. The van der Waals surface area contributed by atoms with Crippen LogP contribution in [0.3, 0.4) is 0 Å². The first kappa shape index (κ1) is 11.9. The number of alkyl halides is 1. The van der Waals surface area contributed by atoms with Gasteiger partial charge in [-0.05, 0) is 38.8 Å². The third-order valence-electron chi connectivity index (χ3n) is 3.26. The summed E-state index contributed by atoms with van der Waals surface area (Å²) < 4.78 is 2.10. The molecule has 1 unspecified atom stereocenters. The summed E-state index contributed by atoms with van der Waals surface area (Å²) in [5.74, 6) is 1.48. The van der Waals surface area contributed by atoms with E-state index < -0.39 is 0 Å². The van der Waals surface area contributed by atoms with Crippen LogP contribution in [0.1, 0.15) is 24.7 Å². The zero-order valence-electron chi connectivity index (χ0n) is 10.1. The molecule has 1 fully saturated rings. The molecular weight excluding hydrogens is 222 g/mol. The van der Waals surface area contributed by atoms with E-state index >= 15 is 0 Å². The summed E-state index contributed by atoms with van der Waals surface area (Å²) in [5, 5.41) is 4.47. The third kappa shape index (κ3) is 2.58. The van der Waals surface area contributed by atoms with Gasteiger partial charge in [0.2, 0.25) is 0 Å². The maximum Gasteiger partial charge on any atom is 0.0597 e. The highest BCUT2D eigenvalue weighted by Crippen LogP contribution is 2.19. The average molecular weight is 242 g/mol. The van der Waals surface area contributed by atoms with Crippen molar-refractivity contribution in [2.45, 2.75) is 33.4 Å². The summed E-state index contributed by atoms with van der Waals surface area (Å²) in [7, 11) is 0. The number of likely N-dealkylation sites (tertiary alicyclic amines) is 1. The van der Waals surface area contributed by atoms with Crippen LogP contribution in [-0.2, 0) is 13.1 Å². The Morgan fingerprint density at radius 1 is 1.56 bits per heavy atom. The van der Waals surface area contributed by atoms with Crippen LogP contribution in [0, 0.1) is 12.8 Å². The van der Waals surface area contributed by atoms with Crippen LogP contribution < -0.4 is 0 Å². The van der Waals surface area contributed by atoms with Crippen LogP contribution in [0.2, 0.25) is 0 Å². The highest BCUT2D eigenvalue weighted by Gasteiger charge is 2.22. The Labute approximate surface area is 102 Å². The molecule has 4 heteroatoms. The van der Waals surface area contributed by atoms with E-state index in [0.29, 0.717) is 5.92 Å². The smallest absolute Gasteiger partial charge is 0.0597 e. The van der Waals surface area contributed by atoms with Crippen molar-refractivity contribution in [1.82, 2.24) is 14.7 Å². The topological polar surface area (TPSA) is 21.1 Å². The molecule has 0 aliphatic carbocycles. The molecule has 90 valence electrons. The Bertz CT molecular complexity index is 348. The molecule has 1 aromatic rings. The standard InChI is InChI=1S/C12H20ClN3/c1-3-16-12(6-10(2)14-16)9-15-5-4-11(7-13)8-15/h6,11H,3-5,7-9H2,1-2H3. The van der Waals surface area contributed by atoms with Gasteiger partial charge >= 0.3 is 0 Å². The largest absolute Gasteiger partial charge is 0.297 e. The van der Waals surface area contributed by atoms with Crippen LogP contribution in [-0.4, -0.2) is 33.6 Å². The summed E-state index contributed by atoms with van der Waals surface area (Å²) in [5.41, 5.74) is 2.44. The average Bonchev–Trinajstić information content (AvgIpc) is 2.85. The van der Waals surface area contributed by atoms with Crippen molar-refractivity contribution in [3.8, 4) is 0 Å². The van der Waals surface area contributed by atoms with Gasteiger partial charge in [0.15, 0.2) is 0 Å². The lowest BCUT2D eigenvalue weighted by Crippen LogP contribution is -2.22. The van der Waals surface area contributed by atoms with E-state index in [1.807, 2.05) is 0 Å². The molecule has 0 bridgehead atoms. The minimum atomic E-state index is 0.681. The molecule has 1 aliphatic heterocycles. The summed E-state index contributed by atoms with van der Waals surface area (Å²) in [6.07, 6.45) is 1.24. The Balaban J connectivity index is 1.98. The van der Waals surface area contributed by atoms with Crippen molar-refractivity contribution < 1.29 is 0 Å². The number of hydrogen-bond acceptors (Lipinski definition) is 2. The van der Waals surface area contributed by atoms with Crippen LogP contribution >= 0.6 is 11.6 Å². The van der Waals surface area contributed by atoms with Gasteiger partial charge in [0.05, 0.1) is 11.4 Å². The normalized spacial score (nSPS) is 21.8. The van der Waals surface area contributed by atoms with E-state index in [-0.39, 0.29) is 0 Å². The Morgan fingerprint density at radius 3 is 3.00 bits per heavy atom. The highest BCUT2D eigenvalue weighted by molar-refractivity contribution is 6.18. The quantitative estimate of drug-likeness (QED) is 0.755. The molecule has 1 aliphatic rings. The fraction of sp³-hybridized carbons (Fsp3) is 0.750. The maximum absolute atomic E-state index is 5.89. The second-order valence-electron chi connectivity index (χ2n) is 4.64. The molecule has 2 heterocycles. The molecule has 0 N–H and O–H groups in total. The van der Waals surface area contributed by atoms with Crippen molar-refractivity contribution in [3.05, 3.63) is 17.5 Å². The zero-order chi connectivity index (χ0) is 11.5. The zero-order valence-corrected chi connectivity index (χ0v) is 10.9. The summed E-state index contributed by atoms with van der Waals surface area (Å²) >= 11 is 5.89. The maximum atomic E-state index is 5.89. The fourth-order valence-corrected chi connectivity index (χ4v) is 2.66. The van der Waals surface area contributed by atoms with Crippen molar-refractivity contribution in [2.75, 3.05) is 19.0 Å². The van der Waals surface area contributed by atoms with Gasteiger partial charge in [0, 0.05) is 25.5 Å². The molecular formula is C12H20ClN3. The molecule has 0 aromatic carbocycles. The number of aromatic nitrogens is 2. The molecule has 2 rings (SSSR count). The molecule has 1 saturated heterocycles. The van der Waals surface area contributed by atoms with Gasteiger partial charge in [0.1, 0.15) is 0 Å². The van der Waals surface area contributed by atoms with Crippen molar-refractivity contribution in [2.24, 2.45) is 5.92 Å². The molecule has 0 spiro atoms. The molecule has 3 nitrogen and oxygen atoms in total. The SMILES string of the molecule is CCn1nc(C)cc1CN1CCC(CCl)C1. The molecule has 0 radical (unpaired) electrons. The van der Waals surface area contributed by atoms with Gasteiger partial charge in [-0.3, -0.25) is 9.58 Å². The van der Waals surface area contributed by atoms with Crippen LogP contribution in [0.5, 0.6) is 0 Å². The molecule has 0 amide bonds. The van der Waals surface area contributed by atoms with E-state index in [9.17, 15) is 0 Å². The molecule has 1 atom stereocenters. The van der Waals surface area contributed by atoms with Crippen molar-refractivity contribution in [3.63, 3.8) is 0 Å². The van der Waals surface area contributed by atoms with E-state index in [0.717, 1.165) is 31.2 Å². The summed E-state index contributed by atoms with van der Waals surface area (Å²) in [4.78, 5) is 2.48. The molecule has 0 saturated carbocycles. The van der Waals surface area contributed by atoms with Gasteiger partial charge in [0.25, 0.3) is 0 Å². The minimum absolute atomic E-state index is 0.681. The van der Waals surface area contributed by atoms with Gasteiger partial charge in [-0.15, -0.1) is 11.6 Å². The Hall–Kier alpha value is -0.540. The first-order valence-corrected chi connectivity index (χ1v) is 6.58. The van der Waals surface area contributed by atoms with E-state index in [1.54, 1.807) is 0 Å². The number of hydrogen-bond donors (Lipinski definition) is 0. The highest BCUT2D eigenvalue weighted by atomic mass is 35.5. The molecule has 1 aromatic heterocycles. The van der Waals surface area contributed by atoms with E-state index in [4.69, 9.17) is 11.6 Å². The molecule has 16 heavy (non-hydrogen) atoms.